The van der Waals surface area contributed by atoms with Gasteiger partial charge in [-0.15, -0.1) is 0 Å². The zero-order chi connectivity index (χ0) is 13.0. The van der Waals surface area contributed by atoms with Gasteiger partial charge in [-0.25, -0.2) is 4.98 Å². The standard InChI is InChI=1S/C12H20N4O/c1-13-10-7-6-9(8-14-10)11(15(2)3)12(17)16(4)5/h6-8,11H,1-5H3,(H,13,14). The molecule has 0 bridgehead atoms. The third-order valence-electron chi connectivity index (χ3n) is 2.55. The van der Waals surface area contributed by atoms with Crippen molar-refractivity contribution in [2.75, 3.05) is 40.6 Å². The van der Waals surface area contributed by atoms with Gasteiger partial charge in [-0.1, -0.05) is 6.07 Å². The molecule has 0 aliphatic heterocycles. The van der Waals surface area contributed by atoms with Crippen LogP contribution in [-0.2, 0) is 4.79 Å². The second kappa shape index (κ2) is 5.63. The lowest BCUT2D eigenvalue weighted by atomic mass is 10.1. The van der Waals surface area contributed by atoms with Gasteiger partial charge in [0.2, 0.25) is 5.91 Å². The fraction of sp³-hybridized carbons (Fsp3) is 0.500. The van der Waals surface area contributed by atoms with Gasteiger partial charge < -0.3 is 10.2 Å². The first-order valence-electron chi connectivity index (χ1n) is 5.48. The van der Waals surface area contributed by atoms with E-state index in [9.17, 15) is 4.79 Å². The van der Waals surface area contributed by atoms with E-state index >= 15 is 0 Å². The first kappa shape index (κ1) is 13.4. The van der Waals surface area contributed by atoms with Crippen LogP contribution in [0.25, 0.3) is 0 Å². The van der Waals surface area contributed by atoms with Crippen LogP contribution < -0.4 is 5.32 Å². The second-order valence-electron chi connectivity index (χ2n) is 4.33. The summed E-state index contributed by atoms with van der Waals surface area (Å²) >= 11 is 0. The van der Waals surface area contributed by atoms with Gasteiger partial charge in [0, 0.05) is 27.3 Å². The normalized spacial score (nSPS) is 12.4. The molecular weight excluding hydrogens is 216 g/mol. The van der Waals surface area contributed by atoms with E-state index in [-0.39, 0.29) is 11.9 Å². The summed E-state index contributed by atoms with van der Waals surface area (Å²) in [5, 5.41) is 2.95. The largest absolute Gasteiger partial charge is 0.373 e. The van der Waals surface area contributed by atoms with E-state index in [1.54, 1.807) is 25.2 Å². The minimum Gasteiger partial charge on any atom is -0.373 e. The molecule has 1 rings (SSSR count). The summed E-state index contributed by atoms with van der Waals surface area (Å²) in [6, 6.07) is 3.50. The molecule has 0 aliphatic rings. The molecular formula is C12H20N4O. The third-order valence-corrected chi connectivity index (χ3v) is 2.55. The van der Waals surface area contributed by atoms with Crippen molar-refractivity contribution in [3.8, 4) is 0 Å². The monoisotopic (exact) mass is 236 g/mol. The van der Waals surface area contributed by atoms with Crippen LogP contribution in [0.1, 0.15) is 11.6 Å². The number of nitrogens with zero attached hydrogens (tertiary/aromatic N) is 3. The molecule has 1 amide bonds. The van der Waals surface area contributed by atoms with E-state index in [0.29, 0.717) is 0 Å². The van der Waals surface area contributed by atoms with Gasteiger partial charge >= 0.3 is 0 Å². The molecule has 0 saturated carbocycles. The highest BCUT2D eigenvalue weighted by atomic mass is 16.2. The molecule has 1 aromatic heterocycles. The maximum absolute atomic E-state index is 12.1. The Morgan fingerprint density at radius 2 is 1.94 bits per heavy atom. The molecule has 5 nitrogen and oxygen atoms in total. The Balaban J connectivity index is 3.01. The SMILES string of the molecule is CNc1ccc(C(C(=O)N(C)C)N(C)C)cn1. The van der Waals surface area contributed by atoms with Crippen LogP contribution in [0, 0.1) is 0 Å². The summed E-state index contributed by atoms with van der Waals surface area (Å²) in [5.74, 6) is 0.845. The predicted octanol–water partition coefficient (Wildman–Crippen LogP) is 0.814. The van der Waals surface area contributed by atoms with Crippen molar-refractivity contribution in [2.24, 2.45) is 0 Å². The van der Waals surface area contributed by atoms with Gasteiger partial charge in [-0.2, -0.15) is 0 Å². The summed E-state index contributed by atoms with van der Waals surface area (Å²) in [6.45, 7) is 0. The summed E-state index contributed by atoms with van der Waals surface area (Å²) in [4.78, 5) is 19.8. The van der Waals surface area contributed by atoms with Crippen LogP contribution in [0.15, 0.2) is 18.3 Å². The quantitative estimate of drug-likeness (QED) is 0.840. The second-order valence-corrected chi connectivity index (χ2v) is 4.33. The Bertz CT molecular complexity index is 373. The van der Waals surface area contributed by atoms with Crippen molar-refractivity contribution in [2.45, 2.75) is 6.04 Å². The van der Waals surface area contributed by atoms with Crippen LogP contribution in [0.3, 0.4) is 0 Å². The Morgan fingerprint density at radius 3 is 2.29 bits per heavy atom. The van der Waals surface area contributed by atoms with Crippen LogP contribution in [0.4, 0.5) is 5.82 Å². The third kappa shape index (κ3) is 3.17. The molecule has 0 aliphatic carbocycles. The van der Waals surface area contributed by atoms with Crippen LogP contribution in [0.2, 0.25) is 0 Å². The maximum atomic E-state index is 12.1. The number of carbonyl (C=O) groups is 1. The zero-order valence-electron chi connectivity index (χ0n) is 11.1. The smallest absolute Gasteiger partial charge is 0.244 e. The van der Waals surface area contributed by atoms with E-state index in [0.717, 1.165) is 11.4 Å². The highest BCUT2D eigenvalue weighted by Gasteiger charge is 2.24. The highest BCUT2D eigenvalue weighted by Crippen LogP contribution is 2.20. The summed E-state index contributed by atoms with van der Waals surface area (Å²) in [6.07, 6.45) is 1.73. The number of hydrogen-bond acceptors (Lipinski definition) is 4. The first-order valence-corrected chi connectivity index (χ1v) is 5.48. The number of amides is 1. The van der Waals surface area contributed by atoms with Crippen molar-refractivity contribution in [1.29, 1.82) is 0 Å². The number of hydrogen-bond donors (Lipinski definition) is 1. The van der Waals surface area contributed by atoms with Gasteiger partial charge in [0.1, 0.15) is 11.9 Å². The van der Waals surface area contributed by atoms with Crippen molar-refractivity contribution >= 4 is 11.7 Å². The van der Waals surface area contributed by atoms with E-state index in [2.05, 4.69) is 10.3 Å². The molecule has 1 N–H and O–H groups in total. The predicted molar refractivity (Wildman–Crippen MR) is 68.9 cm³/mol. The number of aromatic nitrogens is 1. The molecule has 5 heteroatoms. The fourth-order valence-corrected chi connectivity index (χ4v) is 1.62. The molecule has 1 aromatic rings. The number of rotatable bonds is 4. The topological polar surface area (TPSA) is 48.5 Å². The average molecular weight is 236 g/mol. The summed E-state index contributed by atoms with van der Waals surface area (Å²) in [7, 11) is 9.11. The van der Waals surface area contributed by atoms with Gasteiger partial charge in [-0.3, -0.25) is 9.69 Å². The zero-order valence-corrected chi connectivity index (χ0v) is 11.1. The minimum atomic E-state index is -0.289. The van der Waals surface area contributed by atoms with Crippen LogP contribution >= 0.6 is 0 Å². The van der Waals surface area contributed by atoms with Crippen molar-refractivity contribution in [3.05, 3.63) is 23.9 Å². The van der Waals surface area contributed by atoms with Crippen LogP contribution in [0.5, 0.6) is 0 Å². The van der Waals surface area contributed by atoms with E-state index in [1.807, 2.05) is 38.2 Å². The van der Waals surface area contributed by atoms with Gasteiger partial charge in [-0.05, 0) is 25.7 Å². The Labute approximate surface area is 102 Å². The number of carbonyl (C=O) groups excluding carboxylic acids is 1. The molecule has 0 saturated heterocycles. The molecule has 0 spiro atoms. The van der Waals surface area contributed by atoms with Gasteiger partial charge in [0.25, 0.3) is 0 Å². The Morgan fingerprint density at radius 1 is 1.29 bits per heavy atom. The molecule has 17 heavy (non-hydrogen) atoms. The number of anilines is 1. The van der Waals surface area contributed by atoms with E-state index < -0.39 is 0 Å². The molecule has 94 valence electrons. The molecule has 1 heterocycles. The van der Waals surface area contributed by atoms with Crippen molar-refractivity contribution < 1.29 is 4.79 Å². The number of nitrogens with one attached hydrogen (secondary N) is 1. The van der Waals surface area contributed by atoms with E-state index in [4.69, 9.17) is 0 Å². The molecule has 1 atom stereocenters. The van der Waals surface area contributed by atoms with Crippen molar-refractivity contribution in [1.82, 2.24) is 14.8 Å². The molecule has 0 fully saturated rings. The van der Waals surface area contributed by atoms with Gasteiger partial charge in [0.05, 0.1) is 0 Å². The highest BCUT2D eigenvalue weighted by molar-refractivity contribution is 5.82. The number of likely N-dealkylation sites (N-methyl/N-ethyl adjacent to an activating group) is 2. The van der Waals surface area contributed by atoms with E-state index in [1.165, 1.54) is 0 Å². The first-order chi connectivity index (χ1) is 7.97. The lowest BCUT2D eigenvalue weighted by Crippen LogP contribution is -2.36. The summed E-state index contributed by atoms with van der Waals surface area (Å²) < 4.78 is 0. The molecule has 1 unspecified atom stereocenters. The Kier molecular flexibility index (Phi) is 4.45. The lowest BCUT2D eigenvalue weighted by molar-refractivity contribution is -0.133. The average Bonchev–Trinajstić information content (AvgIpc) is 2.29. The lowest BCUT2D eigenvalue weighted by Gasteiger charge is -2.26. The number of pyridine rings is 1. The summed E-state index contributed by atoms with van der Waals surface area (Å²) in [5.41, 5.74) is 0.896. The maximum Gasteiger partial charge on any atom is 0.244 e. The minimum absolute atomic E-state index is 0.0500. The molecule has 0 aromatic carbocycles. The Hall–Kier alpha value is -1.62. The van der Waals surface area contributed by atoms with Crippen molar-refractivity contribution in [3.63, 3.8) is 0 Å². The van der Waals surface area contributed by atoms with Crippen LogP contribution in [-0.4, -0.2) is 55.9 Å². The fourth-order valence-electron chi connectivity index (χ4n) is 1.62. The molecule has 0 radical (unpaired) electrons. The van der Waals surface area contributed by atoms with Gasteiger partial charge in [0.15, 0.2) is 0 Å².